The number of aryl methyl sites for hydroxylation is 1. The number of aromatic nitrogens is 1. The van der Waals surface area contributed by atoms with Crippen molar-refractivity contribution in [3.63, 3.8) is 0 Å². The fraction of sp³-hybridized carbons (Fsp3) is 0.0625. The Morgan fingerprint density at radius 3 is 2.70 bits per heavy atom. The summed E-state index contributed by atoms with van der Waals surface area (Å²) < 4.78 is 5.52. The zero-order valence-electron chi connectivity index (χ0n) is 12.1. The summed E-state index contributed by atoms with van der Waals surface area (Å²) in [5.74, 6) is -0.899. The number of halogens is 1. The van der Waals surface area contributed by atoms with Gasteiger partial charge in [-0.25, -0.2) is 0 Å². The van der Waals surface area contributed by atoms with Crippen molar-refractivity contribution in [2.24, 2.45) is 0 Å². The molecule has 0 aliphatic carbocycles. The molecule has 2 heterocycles. The molecule has 7 heteroatoms. The molecule has 2 aromatic heterocycles. The van der Waals surface area contributed by atoms with Crippen molar-refractivity contribution < 1.29 is 14.0 Å². The third-order valence-electron chi connectivity index (χ3n) is 3.32. The van der Waals surface area contributed by atoms with Gasteiger partial charge >= 0.3 is 5.91 Å². The number of hydrazine groups is 1. The molecule has 6 nitrogen and oxygen atoms in total. The van der Waals surface area contributed by atoms with Crippen molar-refractivity contribution in [1.82, 2.24) is 15.8 Å². The first kappa shape index (κ1) is 15.1. The Hall–Kier alpha value is -2.86. The van der Waals surface area contributed by atoms with Gasteiger partial charge in [-0.1, -0.05) is 11.6 Å². The molecule has 0 unspecified atom stereocenters. The summed E-state index contributed by atoms with van der Waals surface area (Å²) in [6.07, 6.45) is 2.95. The van der Waals surface area contributed by atoms with E-state index >= 15 is 0 Å². The van der Waals surface area contributed by atoms with Crippen molar-refractivity contribution in [1.29, 1.82) is 0 Å². The Balaban J connectivity index is 1.76. The fourth-order valence-corrected chi connectivity index (χ4v) is 2.32. The third-order valence-corrected chi connectivity index (χ3v) is 3.55. The van der Waals surface area contributed by atoms with Gasteiger partial charge in [-0.05, 0) is 37.3 Å². The average Bonchev–Trinajstić information content (AvgIpc) is 2.90. The van der Waals surface area contributed by atoms with Crippen LogP contribution in [0.1, 0.15) is 26.5 Å². The van der Waals surface area contributed by atoms with E-state index in [4.69, 9.17) is 16.0 Å². The standard InChI is InChI=1S/C16H12ClN3O3/c1-9-12-7-11(17)4-5-13(12)23-14(9)16(22)20-19-15(21)10-3-2-6-18-8-10/h2-8H,1H3,(H,19,21)(H,20,22). The molecule has 0 aliphatic rings. The Bertz CT molecular complexity index is 890. The van der Waals surface area contributed by atoms with Crippen LogP contribution in [0.5, 0.6) is 0 Å². The molecule has 3 rings (SSSR count). The summed E-state index contributed by atoms with van der Waals surface area (Å²) in [6, 6.07) is 8.31. The molecular weight excluding hydrogens is 318 g/mol. The lowest BCUT2D eigenvalue weighted by atomic mass is 10.1. The lowest BCUT2D eigenvalue weighted by molar-refractivity contribution is 0.0831. The fourth-order valence-electron chi connectivity index (χ4n) is 2.15. The summed E-state index contributed by atoms with van der Waals surface area (Å²) in [6.45, 7) is 1.75. The first-order valence-corrected chi connectivity index (χ1v) is 7.13. The van der Waals surface area contributed by atoms with Crippen LogP contribution in [0.2, 0.25) is 5.02 Å². The molecule has 2 N–H and O–H groups in total. The van der Waals surface area contributed by atoms with Crippen molar-refractivity contribution in [2.75, 3.05) is 0 Å². The first-order chi connectivity index (χ1) is 11.1. The highest BCUT2D eigenvalue weighted by molar-refractivity contribution is 6.31. The minimum absolute atomic E-state index is 0.119. The highest BCUT2D eigenvalue weighted by Gasteiger charge is 2.18. The molecule has 0 saturated carbocycles. The second-order valence-electron chi connectivity index (χ2n) is 4.85. The van der Waals surface area contributed by atoms with Crippen LogP contribution in [0.4, 0.5) is 0 Å². The van der Waals surface area contributed by atoms with E-state index in [1.54, 1.807) is 43.5 Å². The number of fused-ring (bicyclic) bond motifs is 1. The topological polar surface area (TPSA) is 84.2 Å². The normalized spacial score (nSPS) is 10.5. The van der Waals surface area contributed by atoms with E-state index in [0.717, 1.165) is 5.39 Å². The van der Waals surface area contributed by atoms with Gasteiger partial charge in [0.1, 0.15) is 5.58 Å². The van der Waals surface area contributed by atoms with Crippen molar-refractivity contribution in [3.8, 4) is 0 Å². The summed E-state index contributed by atoms with van der Waals surface area (Å²) in [5, 5.41) is 1.31. The lowest BCUT2D eigenvalue weighted by Crippen LogP contribution is -2.41. The van der Waals surface area contributed by atoms with E-state index in [-0.39, 0.29) is 5.76 Å². The maximum absolute atomic E-state index is 12.2. The number of furan rings is 1. The van der Waals surface area contributed by atoms with Gasteiger partial charge in [-0.3, -0.25) is 25.4 Å². The molecule has 23 heavy (non-hydrogen) atoms. The van der Waals surface area contributed by atoms with Gasteiger partial charge in [0.05, 0.1) is 5.56 Å². The number of hydrogen-bond acceptors (Lipinski definition) is 4. The molecular formula is C16H12ClN3O3. The van der Waals surface area contributed by atoms with Crippen LogP contribution in [0.3, 0.4) is 0 Å². The number of carbonyl (C=O) groups is 2. The molecule has 0 spiro atoms. The van der Waals surface area contributed by atoms with Crippen LogP contribution in [-0.4, -0.2) is 16.8 Å². The molecule has 116 valence electrons. The first-order valence-electron chi connectivity index (χ1n) is 6.75. The number of benzene rings is 1. The van der Waals surface area contributed by atoms with Crippen LogP contribution in [-0.2, 0) is 0 Å². The maximum Gasteiger partial charge on any atom is 0.305 e. The lowest BCUT2D eigenvalue weighted by Gasteiger charge is -2.05. The summed E-state index contributed by atoms with van der Waals surface area (Å²) in [7, 11) is 0. The van der Waals surface area contributed by atoms with Gasteiger partial charge in [0.2, 0.25) is 0 Å². The van der Waals surface area contributed by atoms with Crippen molar-refractivity contribution in [2.45, 2.75) is 6.92 Å². The third kappa shape index (κ3) is 3.02. The molecule has 2 amide bonds. The van der Waals surface area contributed by atoms with Gasteiger partial charge in [0.15, 0.2) is 5.76 Å². The number of hydrogen-bond donors (Lipinski definition) is 2. The highest BCUT2D eigenvalue weighted by Crippen LogP contribution is 2.27. The van der Waals surface area contributed by atoms with Crippen LogP contribution < -0.4 is 10.9 Å². The summed E-state index contributed by atoms with van der Waals surface area (Å²) in [5.41, 5.74) is 6.17. The number of pyridine rings is 1. The second-order valence-corrected chi connectivity index (χ2v) is 5.28. The Morgan fingerprint density at radius 2 is 1.96 bits per heavy atom. The van der Waals surface area contributed by atoms with Crippen LogP contribution in [0.25, 0.3) is 11.0 Å². The van der Waals surface area contributed by atoms with Gasteiger partial charge in [-0.15, -0.1) is 0 Å². The predicted molar refractivity (Wildman–Crippen MR) is 85.1 cm³/mol. The van der Waals surface area contributed by atoms with Gasteiger partial charge < -0.3 is 4.42 Å². The number of nitrogens with zero attached hydrogens (tertiary/aromatic N) is 1. The summed E-state index contributed by atoms with van der Waals surface area (Å²) in [4.78, 5) is 27.9. The van der Waals surface area contributed by atoms with E-state index in [0.29, 0.717) is 21.7 Å². The number of amides is 2. The Kier molecular flexibility index (Phi) is 3.99. The Morgan fingerprint density at radius 1 is 1.17 bits per heavy atom. The zero-order chi connectivity index (χ0) is 16.4. The minimum atomic E-state index is -0.549. The molecule has 0 saturated heterocycles. The molecule has 1 aromatic carbocycles. The Labute approximate surface area is 136 Å². The molecule has 3 aromatic rings. The number of carbonyl (C=O) groups excluding carboxylic acids is 2. The zero-order valence-corrected chi connectivity index (χ0v) is 12.8. The highest BCUT2D eigenvalue weighted by atomic mass is 35.5. The van der Waals surface area contributed by atoms with Crippen molar-refractivity contribution in [3.05, 3.63) is 64.6 Å². The van der Waals surface area contributed by atoms with E-state index in [9.17, 15) is 9.59 Å². The van der Waals surface area contributed by atoms with E-state index in [1.807, 2.05) is 0 Å². The molecule has 0 radical (unpaired) electrons. The molecule has 0 bridgehead atoms. The SMILES string of the molecule is Cc1c(C(=O)NNC(=O)c2cccnc2)oc2ccc(Cl)cc12. The molecule has 0 aliphatic heterocycles. The predicted octanol–water partition coefficient (Wildman–Crippen LogP) is 2.86. The van der Waals surface area contributed by atoms with Gasteiger partial charge in [-0.2, -0.15) is 0 Å². The number of nitrogens with one attached hydrogen (secondary N) is 2. The smallest absolute Gasteiger partial charge is 0.305 e. The van der Waals surface area contributed by atoms with E-state index in [2.05, 4.69) is 15.8 Å². The van der Waals surface area contributed by atoms with Crippen LogP contribution >= 0.6 is 11.6 Å². The average molecular weight is 330 g/mol. The maximum atomic E-state index is 12.2. The quantitative estimate of drug-likeness (QED) is 0.708. The minimum Gasteiger partial charge on any atom is -0.451 e. The van der Waals surface area contributed by atoms with Crippen LogP contribution in [0, 0.1) is 6.92 Å². The number of rotatable bonds is 2. The van der Waals surface area contributed by atoms with E-state index < -0.39 is 11.8 Å². The molecule has 0 fully saturated rings. The largest absolute Gasteiger partial charge is 0.451 e. The van der Waals surface area contributed by atoms with Gasteiger partial charge in [0.25, 0.3) is 5.91 Å². The second kappa shape index (κ2) is 6.10. The monoisotopic (exact) mass is 329 g/mol. The molecule has 0 atom stereocenters. The van der Waals surface area contributed by atoms with Crippen molar-refractivity contribution >= 4 is 34.4 Å². The van der Waals surface area contributed by atoms with E-state index in [1.165, 1.54) is 6.20 Å². The van der Waals surface area contributed by atoms with Crippen LogP contribution in [0.15, 0.2) is 47.1 Å². The summed E-state index contributed by atoms with van der Waals surface area (Å²) >= 11 is 5.94. The van der Waals surface area contributed by atoms with Gasteiger partial charge in [0, 0.05) is 28.4 Å².